The van der Waals surface area contributed by atoms with E-state index in [0.29, 0.717) is 6.42 Å². The molecule has 2 rings (SSSR count). The van der Waals surface area contributed by atoms with Gasteiger partial charge in [-0.1, -0.05) is 17.7 Å². The summed E-state index contributed by atoms with van der Waals surface area (Å²) in [5.41, 5.74) is 3.52. The van der Waals surface area contributed by atoms with E-state index in [1.807, 2.05) is 25.1 Å². The van der Waals surface area contributed by atoms with Gasteiger partial charge < -0.3 is 5.11 Å². The number of fused-ring (bicyclic) bond motifs is 1. The number of hydrogen-bond acceptors (Lipinski definition) is 3. The lowest BCUT2D eigenvalue weighted by Crippen LogP contribution is -2.00. The van der Waals surface area contributed by atoms with Crippen LogP contribution in [0.4, 0.5) is 0 Å². The van der Waals surface area contributed by atoms with Gasteiger partial charge in [-0.3, -0.25) is 9.97 Å². The van der Waals surface area contributed by atoms with Crippen LogP contribution < -0.4 is 0 Å². The van der Waals surface area contributed by atoms with Gasteiger partial charge in [0.1, 0.15) is 0 Å². The molecule has 1 unspecified atom stereocenters. The molecule has 0 aliphatic heterocycles. The highest BCUT2D eigenvalue weighted by atomic mass is 16.3. The molecule has 1 atom stereocenters. The largest absolute Gasteiger partial charge is 0.388 e. The van der Waals surface area contributed by atoms with Crippen LogP contribution in [-0.4, -0.2) is 15.1 Å². The van der Waals surface area contributed by atoms with Gasteiger partial charge in [-0.2, -0.15) is 0 Å². The van der Waals surface area contributed by atoms with Crippen molar-refractivity contribution in [2.24, 2.45) is 0 Å². The molecule has 3 heteroatoms. The summed E-state index contributed by atoms with van der Waals surface area (Å²) in [4.78, 5) is 8.51. The van der Waals surface area contributed by atoms with Crippen molar-refractivity contribution in [2.75, 3.05) is 0 Å². The lowest BCUT2D eigenvalue weighted by atomic mass is 10.0. The highest BCUT2D eigenvalue weighted by Crippen LogP contribution is 2.25. The molecular formula is C14H16N2O. The Morgan fingerprint density at radius 2 is 2.12 bits per heavy atom. The van der Waals surface area contributed by atoms with E-state index < -0.39 is 6.10 Å². The van der Waals surface area contributed by atoms with E-state index in [1.54, 1.807) is 12.4 Å². The van der Waals surface area contributed by atoms with Gasteiger partial charge in [-0.25, -0.2) is 0 Å². The normalized spacial score (nSPS) is 12.6. The Bertz CT molecular complexity index is 531. The summed E-state index contributed by atoms with van der Waals surface area (Å²) in [5, 5.41) is 10.2. The van der Waals surface area contributed by atoms with Crippen molar-refractivity contribution in [3.63, 3.8) is 0 Å². The molecule has 3 nitrogen and oxygen atoms in total. The number of aliphatic hydroxyl groups excluding tert-OH is 1. The Kier molecular flexibility index (Phi) is 3.49. The minimum absolute atomic E-state index is 0.507. The van der Waals surface area contributed by atoms with Gasteiger partial charge in [-0.05, 0) is 25.8 Å². The molecule has 0 aliphatic rings. The van der Waals surface area contributed by atoms with Gasteiger partial charge in [0, 0.05) is 18.0 Å². The number of benzene rings is 1. The van der Waals surface area contributed by atoms with Crippen LogP contribution in [0.2, 0.25) is 0 Å². The van der Waals surface area contributed by atoms with Crippen LogP contribution in [0, 0.1) is 0 Å². The van der Waals surface area contributed by atoms with Gasteiger partial charge in [0.05, 0.1) is 17.1 Å². The van der Waals surface area contributed by atoms with Crippen LogP contribution in [-0.2, 0) is 0 Å². The topological polar surface area (TPSA) is 46.0 Å². The van der Waals surface area contributed by atoms with Crippen molar-refractivity contribution >= 4 is 11.0 Å². The molecule has 0 radical (unpaired) electrons. The summed E-state index contributed by atoms with van der Waals surface area (Å²) < 4.78 is 0. The molecule has 0 saturated heterocycles. The number of nitrogens with zero attached hydrogens (tertiary/aromatic N) is 2. The SMILES string of the molecule is C=C(C)CCC(O)c1cccc2nccnc12. The average molecular weight is 228 g/mol. The molecule has 0 saturated carbocycles. The van der Waals surface area contributed by atoms with Gasteiger partial charge in [-0.15, -0.1) is 6.58 Å². The first-order chi connectivity index (χ1) is 8.18. The van der Waals surface area contributed by atoms with Gasteiger partial charge in [0.25, 0.3) is 0 Å². The first-order valence-corrected chi connectivity index (χ1v) is 5.70. The Morgan fingerprint density at radius 3 is 2.88 bits per heavy atom. The quantitative estimate of drug-likeness (QED) is 0.818. The molecule has 1 aromatic heterocycles. The third-order valence-electron chi connectivity index (χ3n) is 2.73. The number of aliphatic hydroxyl groups is 1. The predicted octanol–water partition coefficient (Wildman–Crippen LogP) is 3.02. The Labute approximate surface area is 101 Å². The van der Waals surface area contributed by atoms with Crippen LogP contribution in [0.25, 0.3) is 11.0 Å². The minimum atomic E-state index is -0.507. The zero-order valence-electron chi connectivity index (χ0n) is 9.93. The van der Waals surface area contributed by atoms with Crippen molar-refractivity contribution in [3.8, 4) is 0 Å². The van der Waals surface area contributed by atoms with Crippen molar-refractivity contribution in [1.82, 2.24) is 9.97 Å². The molecule has 1 heterocycles. The number of aromatic nitrogens is 2. The van der Waals surface area contributed by atoms with Crippen LogP contribution >= 0.6 is 0 Å². The summed E-state index contributed by atoms with van der Waals surface area (Å²) in [6, 6.07) is 5.70. The van der Waals surface area contributed by atoms with Crippen molar-refractivity contribution in [3.05, 3.63) is 48.3 Å². The maximum Gasteiger partial charge on any atom is 0.0944 e. The molecule has 1 aromatic carbocycles. The van der Waals surface area contributed by atoms with Gasteiger partial charge in [0.15, 0.2) is 0 Å². The maximum absolute atomic E-state index is 10.2. The standard InChI is InChI=1S/C14H16N2O/c1-10(2)6-7-13(17)11-4-3-5-12-14(11)16-9-8-15-12/h3-5,8-9,13,17H,1,6-7H2,2H3. The third kappa shape index (κ3) is 2.68. The Hall–Kier alpha value is -1.74. The number of para-hydroxylation sites is 1. The molecule has 0 spiro atoms. The smallest absolute Gasteiger partial charge is 0.0944 e. The van der Waals surface area contributed by atoms with Crippen LogP contribution in [0.15, 0.2) is 42.7 Å². The second kappa shape index (κ2) is 5.06. The monoisotopic (exact) mass is 228 g/mol. The predicted molar refractivity (Wildman–Crippen MR) is 68.5 cm³/mol. The molecule has 88 valence electrons. The fourth-order valence-electron chi connectivity index (χ4n) is 1.82. The van der Waals surface area contributed by atoms with Gasteiger partial charge >= 0.3 is 0 Å². The molecule has 0 aliphatic carbocycles. The fourth-order valence-corrected chi connectivity index (χ4v) is 1.82. The first-order valence-electron chi connectivity index (χ1n) is 5.70. The first kappa shape index (κ1) is 11.7. The maximum atomic E-state index is 10.2. The molecular weight excluding hydrogens is 212 g/mol. The summed E-state index contributed by atoms with van der Waals surface area (Å²) in [7, 11) is 0. The zero-order chi connectivity index (χ0) is 12.3. The van der Waals surface area contributed by atoms with Gasteiger partial charge in [0.2, 0.25) is 0 Å². The zero-order valence-corrected chi connectivity index (χ0v) is 9.93. The van der Waals surface area contributed by atoms with Crippen LogP contribution in [0.1, 0.15) is 31.4 Å². The average Bonchev–Trinajstić information content (AvgIpc) is 2.35. The lowest BCUT2D eigenvalue weighted by molar-refractivity contribution is 0.169. The van der Waals surface area contributed by atoms with Crippen LogP contribution in [0.5, 0.6) is 0 Å². The van der Waals surface area contributed by atoms with E-state index >= 15 is 0 Å². The molecule has 17 heavy (non-hydrogen) atoms. The molecule has 0 bridgehead atoms. The van der Waals surface area contributed by atoms with E-state index in [4.69, 9.17) is 0 Å². The summed E-state index contributed by atoms with van der Waals surface area (Å²) in [6.45, 7) is 5.81. The third-order valence-corrected chi connectivity index (χ3v) is 2.73. The second-order valence-electron chi connectivity index (χ2n) is 4.28. The summed E-state index contributed by atoms with van der Waals surface area (Å²) in [5.74, 6) is 0. The lowest BCUT2D eigenvalue weighted by Gasteiger charge is -2.12. The summed E-state index contributed by atoms with van der Waals surface area (Å²) >= 11 is 0. The van der Waals surface area contributed by atoms with Crippen molar-refractivity contribution in [1.29, 1.82) is 0 Å². The van der Waals surface area contributed by atoms with E-state index in [2.05, 4.69) is 16.5 Å². The summed E-state index contributed by atoms with van der Waals surface area (Å²) in [6.07, 6.45) is 4.29. The molecule has 2 aromatic rings. The van der Waals surface area contributed by atoms with E-state index in [9.17, 15) is 5.11 Å². The molecule has 1 N–H and O–H groups in total. The second-order valence-corrected chi connectivity index (χ2v) is 4.28. The number of rotatable bonds is 4. The van der Waals surface area contributed by atoms with E-state index in [0.717, 1.165) is 28.6 Å². The number of allylic oxidation sites excluding steroid dienone is 1. The van der Waals surface area contributed by atoms with E-state index in [1.165, 1.54) is 0 Å². The van der Waals surface area contributed by atoms with Crippen LogP contribution in [0.3, 0.4) is 0 Å². The fraction of sp³-hybridized carbons (Fsp3) is 0.286. The Balaban J connectivity index is 2.31. The van der Waals surface area contributed by atoms with E-state index in [-0.39, 0.29) is 0 Å². The Morgan fingerprint density at radius 1 is 1.35 bits per heavy atom. The molecule has 0 fully saturated rings. The highest BCUT2D eigenvalue weighted by Gasteiger charge is 2.12. The molecule has 0 amide bonds. The van der Waals surface area contributed by atoms with Crippen molar-refractivity contribution < 1.29 is 5.11 Å². The highest BCUT2D eigenvalue weighted by molar-refractivity contribution is 5.77. The minimum Gasteiger partial charge on any atom is -0.388 e. The number of hydrogen-bond donors (Lipinski definition) is 1. The van der Waals surface area contributed by atoms with Crippen molar-refractivity contribution in [2.45, 2.75) is 25.9 Å².